The van der Waals surface area contributed by atoms with Gasteiger partial charge in [0.2, 0.25) is 11.8 Å². The average molecular weight is 371 g/mol. The number of anilines is 1. The van der Waals surface area contributed by atoms with E-state index < -0.39 is 0 Å². The van der Waals surface area contributed by atoms with Crippen molar-refractivity contribution < 1.29 is 14.0 Å². The van der Waals surface area contributed by atoms with Crippen LogP contribution in [0.1, 0.15) is 24.8 Å². The van der Waals surface area contributed by atoms with Crippen LogP contribution in [0.15, 0.2) is 54.6 Å². The highest BCUT2D eigenvalue weighted by atomic mass is 19.1. The molecule has 1 atom stereocenters. The number of hydrogen-bond donors (Lipinski definition) is 2. The number of benzene rings is 2. The average Bonchev–Trinajstić information content (AvgIpc) is 2.64. The zero-order valence-corrected chi connectivity index (χ0v) is 15.7. The van der Waals surface area contributed by atoms with Crippen molar-refractivity contribution >= 4 is 17.5 Å². The fourth-order valence-corrected chi connectivity index (χ4v) is 2.80. The molecule has 27 heavy (non-hydrogen) atoms. The predicted octanol–water partition coefficient (Wildman–Crippen LogP) is 3.01. The Morgan fingerprint density at radius 1 is 1.00 bits per heavy atom. The topological polar surface area (TPSA) is 61.4 Å². The number of carbonyl (C=O) groups excluding carboxylic acids is 2. The largest absolute Gasteiger partial charge is 0.354 e. The lowest BCUT2D eigenvalue weighted by Crippen LogP contribution is -2.40. The number of nitrogens with zero attached hydrogens (tertiary/aromatic N) is 1. The first-order chi connectivity index (χ1) is 13.0. The van der Waals surface area contributed by atoms with Crippen molar-refractivity contribution in [3.8, 4) is 0 Å². The molecule has 2 aromatic rings. The minimum absolute atomic E-state index is 0.0701. The van der Waals surface area contributed by atoms with E-state index in [1.807, 2.05) is 18.2 Å². The maximum atomic E-state index is 12.9. The van der Waals surface area contributed by atoms with Gasteiger partial charge in [-0.3, -0.25) is 14.5 Å². The van der Waals surface area contributed by atoms with Gasteiger partial charge in [-0.25, -0.2) is 4.39 Å². The van der Waals surface area contributed by atoms with Crippen LogP contribution in [0.4, 0.5) is 10.1 Å². The van der Waals surface area contributed by atoms with Crippen molar-refractivity contribution in [2.75, 3.05) is 32.0 Å². The third-order valence-electron chi connectivity index (χ3n) is 4.26. The first-order valence-electron chi connectivity index (χ1n) is 9.03. The van der Waals surface area contributed by atoms with E-state index in [0.717, 1.165) is 6.42 Å². The molecule has 0 aliphatic heterocycles. The molecule has 0 spiro atoms. The highest BCUT2D eigenvalue weighted by Gasteiger charge is 2.14. The van der Waals surface area contributed by atoms with Gasteiger partial charge in [0.25, 0.3) is 0 Å². The lowest BCUT2D eigenvalue weighted by atomic mass is 9.96. The van der Waals surface area contributed by atoms with Gasteiger partial charge in [-0.15, -0.1) is 0 Å². The summed E-state index contributed by atoms with van der Waals surface area (Å²) in [5, 5.41) is 5.61. The Hall–Kier alpha value is -2.73. The molecule has 2 amide bonds. The molecule has 0 aliphatic rings. The van der Waals surface area contributed by atoms with Crippen molar-refractivity contribution in [1.82, 2.24) is 10.2 Å². The van der Waals surface area contributed by atoms with Crippen LogP contribution in [0, 0.1) is 5.82 Å². The second-order valence-corrected chi connectivity index (χ2v) is 6.55. The predicted molar refractivity (Wildman–Crippen MR) is 105 cm³/mol. The standard InChI is InChI=1S/C21H26FN3O2/c1-3-16(17-7-5-4-6-8-17)13-23-20(26)14-25(2)15-21(27)24-19-11-9-18(22)10-12-19/h4-12,16H,3,13-15H2,1-2H3,(H,23,26)(H,24,27)/t16-/m0/s1. The smallest absolute Gasteiger partial charge is 0.238 e. The molecule has 0 fully saturated rings. The Kier molecular flexibility index (Phi) is 7.95. The van der Waals surface area contributed by atoms with Crippen molar-refractivity contribution in [1.29, 1.82) is 0 Å². The van der Waals surface area contributed by atoms with Gasteiger partial charge in [-0.2, -0.15) is 0 Å². The fourth-order valence-electron chi connectivity index (χ4n) is 2.80. The van der Waals surface area contributed by atoms with E-state index in [1.54, 1.807) is 11.9 Å². The van der Waals surface area contributed by atoms with Crippen molar-refractivity contribution in [3.05, 3.63) is 66.0 Å². The summed E-state index contributed by atoms with van der Waals surface area (Å²) in [5.74, 6) is -0.473. The van der Waals surface area contributed by atoms with Gasteiger partial charge in [0, 0.05) is 18.2 Å². The summed E-state index contributed by atoms with van der Waals surface area (Å²) in [6.45, 7) is 2.85. The molecule has 144 valence electrons. The molecule has 2 rings (SSSR count). The zero-order valence-electron chi connectivity index (χ0n) is 15.7. The van der Waals surface area contributed by atoms with Gasteiger partial charge in [0.1, 0.15) is 5.82 Å². The number of halogens is 1. The summed E-state index contributed by atoms with van der Waals surface area (Å²) in [5.41, 5.74) is 1.72. The molecule has 0 aromatic heterocycles. The van der Waals surface area contributed by atoms with Gasteiger partial charge >= 0.3 is 0 Å². The maximum Gasteiger partial charge on any atom is 0.238 e. The van der Waals surface area contributed by atoms with Crippen LogP contribution in [0.2, 0.25) is 0 Å². The molecule has 0 saturated carbocycles. The van der Waals surface area contributed by atoms with Crippen LogP contribution in [-0.2, 0) is 9.59 Å². The first-order valence-corrected chi connectivity index (χ1v) is 9.03. The second-order valence-electron chi connectivity index (χ2n) is 6.55. The van der Waals surface area contributed by atoms with Crippen LogP contribution < -0.4 is 10.6 Å². The van der Waals surface area contributed by atoms with Gasteiger partial charge in [-0.05, 0) is 43.3 Å². The van der Waals surface area contributed by atoms with Gasteiger partial charge < -0.3 is 10.6 Å². The van der Waals surface area contributed by atoms with E-state index in [0.29, 0.717) is 12.2 Å². The number of nitrogens with one attached hydrogen (secondary N) is 2. The third-order valence-corrected chi connectivity index (χ3v) is 4.26. The number of hydrogen-bond acceptors (Lipinski definition) is 3. The molecule has 0 heterocycles. The van der Waals surface area contributed by atoms with Gasteiger partial charge in [-0.1, -0.05) is 37.3 Å². The second kappa shape index (κ2) is 10.4. The fraction of sp³-hybridized carbons (Fsp3) is 0.333. The van der Waals surface area contributed by atoms with Crippen molar-refractivity contribution in [3.63, 3.8) is 0 Å². The van der Waals surface area contributed by atoms with Crippen molar-refractivity contribution in [2.45, 2.75) is 19.3 Å². The molecule has 6 heteroatoms. The maximum absolute atomic E-state index is 12.9. The van der Waals surface area contributed by atoms with Crippen LogP contribution in [-0.4, -0.2) is 43.4 Å². The SMILES string of the molecule is CC[C@@H](CNC(=O)CN(C)CC(=O)Nc1ccc(F)cc1)c1ccccc1. The minimum atomic E-state index is -0.359. The molecule has 0 unspecified atom stereocenters. The van der Waals surface area contributed by atoms with Crippen LogP contribution in [0.25, 0.3) is 0 Å². The summed E-state index contributed by atoms with van der Waals surface area (Å²) in [6, 6.07) is 15.6. The number of carbonyl (C=O) groups is 2. The molecule has 5 nitrogen and oxygen atoms in total. The quantitative estimate of drug-likeness (QED) is 0.712. The van der Waals surface area contributed by atoms with E-state index in [-0.39, 0.29) is 36.6 Å². The summed E-state index contributed by atoms with van der Waals surface area (Å²) < 4.78 is 12.9. The van der Waals surface area contributed by atoms with Crippen LogP contribution >= 0.6 is 0 Å². The lowest BCUT2D eigenvalue weighted by molar-refractivity contribution is -0.123. The monoisotopic (exact) mass is 371 g/mol. The number of amides is 2. The Balaban J connectivity index is 1.74. The van der Waals surface area contributed by atoms with Gasteiger partial charge in [0.05, 0.1) is 13.1 Å². The molecule has 0 saturated heterocycles. The van der Waals surface area contributed by atoms with E-state index in [2.05, 4.69) is 29.7 Å². The zero-order chi connectivity index (χ0) is 19.6. The Labute approximate surface area is 159 Å². The summed E-state index contributed by atoms with van der Waals surface area (Å²) in [6.07, 6.45) is 0.931. The summed E-state index contributed by atoms with van der Waals surface area (Å²) in [4.78, 5) is 25.8. The molecule has 0 aliphatic carbocycles. The molecule has 0 radical (unpaired) electrons. The Bertz CT molecular complexity index is 735. The molecular formula is C21H26FN3O2. The first kappa shape index (κ1) is 20.6. The van der Waals surface area contributed by atoms with Gasteiger partial charge in [0.15, 0.2) is 0 Å². The Morgan fingerprint density at radius 3 is 2.26 bits per heavy atom. The molecule has 2 N–H and O–H groups in total. The van der Waals surface area contributed by atoms with Crippen LogP contribution in [0.5, 0.6) is 0 Å². The molecule has 0 bridgehead atoms. The summed E-state index contributed by atoms with van der Waals surface area (Å²) in [7, 11) is 1.71. The van der Waals surface area contributed by atoms with E-state index in [9.17, 15) is 14.0 Å². The van der Waals surface area contributed by atoms with Crippen LogP contribution in [0.3, 0.4) is 0 Å². The normalized spacial score (nSPS) is 11.9. The summed E-state index contributed by atoms with van der Waals surface area (Å²) >= 11 is 0. The Morgan fingerprint density at radius 2 is 1.63 bits per heavy atom. The lowest BCUT2D eigenvalue weighted by Gasteiger charge is -2.19. The third kappa shape index (κ3) is 7.19. The molecule has 2 aromatic carbocycles. The van der Waals surface area contributed by atoms with Crippen molar-refractivity contribution in [2.24, 2.45) is 0 Å². The highest BCUT2D eigenvalue weighted by Crippen LogP contribution is 2.17. The molecular weight excluding hydrogens is 345 g/mol. The minimum Gasteiger partial charge on any atom is -0.354 e. The number of likely N-dealkylation sites (N-methyl/N-ethyl adjacent to an activating group) is 1. The van der Waals surface area contributed by atoms with E-state index >= 15 is 0 Å². The van der Waals surface area contributed by atoms with E-state index in [4.69, 9.17) is 0 Å². The van der Waals surface area contributed by atoms with E-state index in [1.165, 1.54) is 29.8 Å². The highest BCUT2D eigenvalue weighted by molar-refractivity contribution is 5.92. The number of rotatable bonds is 9.